The summed E-state index contributed by atoms with van der Waals surface area (Å²) in [5.41, 5.74) is 5.62. The SMILES string of the molecule is CCOC(=O)[C@@H](C)N[P@@](=O)(OC[C@H]1O[C@@H](n2cnc3c(NC)nc(N)nc32)[C@@](Cl)(C(F)(F)F)[C@@H]1O)Oc1ccccc1. The predicted molar refractivity (Wildman–Crippen MR) is 144 cm³/mol. The lowest BCUT2D eigenvalue weighted by atomic mass is 9.98. The Morgan fingerprint density at radius 2 is 2.02 bits per heavy atom. The lowest BCUT2D eigenvalue weighted by molar-refractivity contribution is -0.195. The van der Waals surface area contributed by atoms with Gasteiger partial charge >= 0.3 is 19.9 Å². The number of para-hydroxylation sites is 1. The van der Waals surface area contributed by atoms with E-state index in [1.807, 2.05) is 0 Å². The number of halogens is 4. The first kappa shape index (κ1) is 31.7. The Morgan fingerprint density at radius 1 is 1.33 bits per heavy atom. The lowest BCUT2D eigenvalue weighted by Crippen LogP contribution is -2.53. The molecule has 5 N–H and O–H groups in total. The summed E-state index contributed by atoms with van der Waals surface area (Å²) in [4.78, 5) is 20.7. The van der Waals surface area contributed by atoms with E-state index in [2.05, 4.69) is 25.4 Å². The maximum Gasteiger partial charge on any atom is 0.459 e. The number of esters is 1. The summed E-state index contributed by atoms with van der Waals surface area (Å²) in [7, 11) is -3.01. The van der Waals surface area contributed by atoms with Crippen LogP contribution in [0.25, 0.3) is 11.2 Å². The number of nitrogens with zero attached hydrogens (tertiary/aromatic N) is 4. The zero-order chi connectivity index (χ0) is 30.9. The third kappa shape index (κ3) is 6.11. The van der Waals surface area contributed by atoms with E-state index in [0.717, 1.165) is 10.9 Å². The second kappa shape index (κ2) is 12.2. The molecule has 0 amide bonds. The van der Waals surface area contributed by atoms with Crippen LogP contribution >= 0.6 is 19.3 Å². The number of benzene rings is 1. The number of aliphatic hydroxyl groups excluding tert-OH is 1. The van der Waals surface area contributed by atoms with Crippen LogP contribution in [0.4, 0.5) is 24.9 Å². The second-order valence-corrected chi connectivity index (χ2v) is 11.4. The summed E-state index contributed by atoms with van der Waals surface area (Å²) in [6.45, 7) is 2.01. The number of aliphatic hydroxyl groups is 1. The first-order valence-electron chi connectivity index (χ1n) is 12.4. The molecule has 3 aromatic rings. The molecule has 0 spiro atoms. The number of nitrogens with one attached hydrogen (secondary N) is 2. The largest absolute Gasteiger partial charge is 0.465 e. The first-order chi connectivity index (χ1) is 19.7. The molecule has 0 radical (unpaired) electrons. The minimum absolute atomic E-state index is 0.0314. The van der Waals surface area contributed by atoms with Crippen molar-refractivity contribution in [2.45, 2.75) is 49.4 Å². The van der Waals surface area contributed by atoms with E-state index in [-0.39, 0.29) is 35.3 Å². The van der Waals surface area contributed by atoms with Gasteiger partial charge in [0.25, 0.3) is 0 Å². The van der Waals surface area contributed by atoms with E-state index in [4.69, 9.17) is 35.9 Å². The fourth-order valence-corrected chi connectivity index (χ4v) is 5.98. The zero-order valence-corrected chi connectivity index (χ0v) is 24.1. The minimum Gasteiger partial charge on any atom is -0.465 e. The Hall–Kier alpha value is -3.21. The average molecular weight is 638 g/mol. The molecule has 0 unspecified atom stereocenters. The number of hydrogen-bond acceptors (Lipinski definition) is 12. The van der Waals surface area contributed by atoms with Crippen molar-refractivity contribution in [2.75, 3.05) is 31.3 Å². The summed E-state index contributed by atoms with van der Waals surface area (Å²) in [6.07, 6.45) is -10.6. The van der Waals surface area contributed by atoms with E-state index in [9.17, 15) is 27.6 Å². The van der Waals surface area contributed by atoms with Crippen LogP contribution < -0.4 is 20.7 Å². The predicted octanol–water partition coefficient (Wildman–Crippen LogP) is 2.99. The molecular weight excluding hydrogens is 610 g/mol. The normalized spacial score (nSPS) is 24.7. The number of nitrogens with two attached hydrogens (primary N) is 1. The van der Waals surface area contributed by atoms with Crippen LogP contribution in [0.15, 0.2) is 36.7 Å². The minimum atomic E-state index is -5.24. The number of hydrogen-bond donors (Lipinski definition) is 4. The molecule has 19 heteroatoms. The molecule has 1 aromatic carbocycles. The molecule has 14 nitrogen and oxygen atoms in total. The molecule has 0 saturated carbocycles. The van der Waals surface area contributed by atoms with Crippen LogP contribution in [0.5, 0.6) is 5.75 Å². The van der Waals surface area contributed by atoms with Gasteiger partial charge in [0.1, 0.15) is 24.0 Å². The van der Waals surface area contributed by atoms with E-state index >= 15 is 0 Å². The maximum atomic E-state index is 14.5. The fraction of sp³-hybridized carbons (Fsp3) is 0.478. The summed E-state index contributed by atoms with van der Waals surface area (Å²) in [5.74, 6) is -0.886. The third-order valence-corrected chi connectivity index (χ3v) is 8.45. The summed E-state index contributed by atoms with van der Waals surface area (Å²) >= 11 is 6.13. The van der Waals surface area contributed by atoms with Crippen LogP contribution in [0.3, 0.4) is 0 Å². The van der Waals surface area contributed by atoms with Gasteiger partial charge in [-0.3, -0.25) is 13.9 Å². The standard InChI is InChI=1S/C23H28ClF3N7O7P/c1-4-38-19(36)12(2)33-42(37,41-13-8-6-5-7-9-13)39-10-14-16(35)22(24,23(25,26)27)20(40-14)34-11-30-15-17(29-3)31-21(28)32-18(15)34/h5-9,11-12,14,16,20,35H,4,10H2,1-3H3,(H,33,37)(H3,28,29,31,32)/t12-,14-,16-,20-,22-,42-/m1/s1. The van der Waals surface area contributed by atoms with Crippen LogP contribution in [0, 0.1) is 0 Å². The molecule has 1 aliphatic heterocycles. The molecule has 2 aromatic heterocycles. The van der Waals surface area contributed by atoms with Crippen LogP contribution in [-0.2, 0) is 23.4 Å². The first-order valence-corrected chi connectivity index (χ1v) is 14.4. The van der Waals surface area contributed by atoms with Gasteiger partial charge in [-0.25, -0.2) is 9.55 Å². The van der Waals surface area contributed by atoms with Gasteiger partial charge in [-0.2, -0.15) is 28.2 Å². The number of carbonyl (C=O) groups is 1. The molecule has 42 heavy (non-hydrogen) atoms. The van der Waals surface area contributed by atoms with Gasteiger partial charge in [0.2, 0.25) is 10.8 Å². The highest BCUT2D eigenvalue weighted by atomic mass is 35.5. The smallest absolute Gasteiger partial charge is 0.459 e. The van der Waals surface area contributed by atoms with Crippen molar-refractivity contribution < 1.29 is 46.2 Å². The third-order valence-electron chi connectivity index (χ3n) is 6.18. The van der Waals surface area contributed by atoms with E-state index < -0.39 is 55.9 Å². The van der Waals surface area contributed by atoms with Gasteiger partial charge in [-0.15, -0.1) is 11.6 Å². The number of imidazole rings is 1. The van der Waals surface area contributed by atoms with Crippen LogP contribution in [0.1, 0.15) is 20.1 Å². The van der Waals surface area contributed by atoms with Crippen molar-refractivity contribution >= 4 is 48.2 Å². The number of nitrogen functional groups attached to an aromatic ring is 1. The molecule has 0 aliphatic carbocycles. The summed E-state index contributed by atoms with van der Waals surface area (Å²) < 4.78 is 79.4. The van der Waals surface area contributed by atoms with Crippen molar-refractivity contribution in [3.63, 3.8) is 0 Å². The Bertz CT molecular complexity index is 1470. The van der Waals surface area contributed by atoms with Gasteiger partial charge in [-0.1, -0.05) is 18.2 Å². The monoisotopic (exact) mass is 637 g/mol. The Balaban J connectivity index is 1.66. The van der Waals surface area contributed by atoms with Gasteiger partial charge in [-0.05, 0) is 26.0 Å². The van der Waals surface area contributed by atoms with E-state index in [1.165, 1.54) is 26.1 Å². The van der Waals surface area contributed by atoms with E-state index in [1.54, 1.807) is 25.1 Å². The molecule has 1 aliphatic rings. The fourth-order valence-electron chi connectivity index (χ4n) is 4.18. The molecule has 6 atom stereocenters. The summed E-state index contributed by atoms with van der Waals surface area (Å²) in [5, 5.41) is 16.0. The molecule has 4 rings (SSSR count). The maximum absolute atomic E-state index is 14.5. The molecule has 3 heterocycles. The highest BCUT2D eigenvalue weighted by Gasteiger charge is 2.71. The number of ether oxygens (including phenoxy) is 2. The molecular formula is C23H28ClF3N7O7P. The summed E-state index contributed by atoms with van der Waals surface area (Å²) in [6, 6.07) is 6.46. The average Bonchev–Trinajstić information content (AvgIpc) is 3.46. The van der Waals surface area contributed by atoms with Crippen LogP contribution in [-0.4, -0.2) is 80.2 Å². The number of fused-ring (bicyclic) bond motifs is 1. The number of carbonyl (C=O) groups excluding carboxylic acids is 1. The molecule has 1 saturated heterocycles. The molecule has 0 bridgehead atoms. The van der Waals surface area contributed by atoms with E-state index in [0.29, 0.717) is 0 Å². The quantitative estimate of drug-likeness (QED) is 0.137. The molecule has 230 valence electrons. The second-order valence-electron chi connectivity index (χ2n) is 9.04. The molecule has 1 fully saturated rings. The van der Waals surface area contributed by atoms with Crippen molar-refractivity contribution in [2.24, 2.45) is 0 Å². The van der Waals surface area contributed by atoms with Crippen molar-refractivity contribution in [3.05, 3.63) is 36.7 Å². The topological polar surface area (TPSA) is 185 Å². The van der Waals surface area contributed by atoms with Gasteiger partial charge in [0, 0.05) is 7.05 Å². The van der Waals surface area contributed by atoms with Crippen molar-refractivity contribution in [1.29, 1.82) is 0 Å². The van der Waals surface area contributed by atoms with Crippen molar-refractivity contribution in [3.8, 4) is 5.75 Å². The number of anilines is 2. The van der Waals surface area contributed by atoms with Gasteiger partial charge in [0.15, 0.2) is 23.2 Å². The lowest BCUT2D eigenvalue weighted by Gasteiger charge is -2.32. The van der Waals surface area contributed by atoms with Gasteiger partial charge in [0.05, 0.1) is 19.5 Å². The zero-order valence-electron chi connectivity index (χ0n) is 22.4. The highest BCUT2D eigenvalue weighted by Crippen LogP contribution is 2.55. The van der Waals surface area contributed by atoms with Crippen LogP contribution in [0.2, 0.25) is 0 Å². The number of rotatable bonds is 11. The number of alkyl halides is 4. The van der Waals surface area contributed by atoms with Crippen molar-refractivity contribution in [1.82, 2.24) is 24.6 Å². The van der Waals surface area contributed by atoms with Gasteiger partial charge < -0.3 is 30.2 Å². The highest BCUT2D eigenvalue weighted by molar-refractivity contribution is 7.52. The number of aromatic nitrogens is 4. The Labute approximate surface area is 242 Å². The Morgan fingerprint density at radius 3 is 2.64 bits per heavy atom. The Kier molecular flexibility index (Phi) is 9.20.